The predicted octanol–water partition coefficient (Wildman–Crippen LogP) is 3.94. The van der Waals surface area contributed by atoms with E-state index in [4.69, 9.17) is 4.74 Å². The Kier molecular flexibility index (Phi) is 4.13. The Morgan fingerprint density at radius 3 is 2.95 bits per heavy atom. The highest BCUT2D eigenvalue weighted by Crippen LogP contribution is 2.32. The molecule has 3 aromatic rings. The van der Waals surface area contributed by atoms with Crippen LogP contribution < -0.4 is 5.32 Å². The molecule has 1 aromatic carbocycles. The zero-order valence-corrected chi connectivity index (χ0v) is 12.9. The third kappa shape index (κ3) is 2.89. The van der Waals surface area contributed by atoms with Crippen LogP contribution in [0.2, 0.25) is 0 Å². The normalized spacial score (nSPS) is 11.0. The van der Waals surface area contributed by atoms with Crippen molar-refractivity contribution >= 4 is 27.2 Å². The van der Waals surface area contributed by atoms with E-state index in [1.54, 1.807) is 18.4 Å². The predicted molar refractivity (Wildman–Crippen MR) is 87.7 cm³/mol. The zero-order valence-electron chi connectivity index (χ0n) is 12.1. The number of nitrogens with one attached hydrogen (secondary N) is 1. The highest BCUT2D eigenvalue weighted by atomic mass is 32.1. The van der Waals surface area contributed by atoms with Crippen molar-refractivity contribution in [1.82, 2.24) is 9.97 Å². The molecule has 0 fully saturated rings. The van der Waals surface area contributed by atoms with Crippen molar-refractivity contribution < 1.29 is 4.74 Å². The lowest BCUT2D eigenvalue weighted by Gasteiger charge is -2.09. The Morgan fingerprint density at radius 1 is 1.24 bits per heavy atom. The molecule has 3 rings (SSSR count). The lowest BCUT2D eigenvalue weighted by molar-refractivity contribution is 0.178. The fourth-order valence-corrected chi connectivity index (χ4v) is 3.22. The Balaban J connectivity index is 2.14. The highest BCUT2D eigenvalue weighted by Gasteiger charge is 2.10. The van der Waals surface area contributed by atoms with Crippen molar-refractivity contribution in [3.05, 3.63) is 41.5 Å². The van der Waals surface area contributed by atoms with Crippen LogP contribution in [0.5, 0.6) is 0 Å². The number of fused-ring (bicyclic) bond motifs is 1. The fraction of sp³-hybridized carbons (Fsp3) is 0.250. The van der Waals surface area contributed by atoms with Gasteiger partial charge in [-0.25, -0.2) is 9.97 Å². The number of aromatic nitrogens is 2. The average Bonchev–Trinajstić information content (AvgIpc) is 2.96. The van der Waals surface area contributed by atoms with Gasteiger partial charge in [-0.05, 0) is 23.8 Å². The van der Waals surface area contributed by atoms with Gasteiger partial charge >= 0.3 is 0 Å². The zero-order chi connectivity index (χ0) is 14.7. The van der Waals surface area contributed by atoms with Gasteiger partial charge in [-0.15, -0.1) is 11.3 Å². The van der Waals surface area contributed by atoms with Crippen LogP contribution >= 0.6 is 11.3 Å². The lowest BCUT2D eigenvalue weighted by Crippen LogP contribution is -2.05. The molecule has 0 spiro atoms. The largest absolute Gasteiger partial charge is 0.377 e. The molecule has 4 nitrogen and oxygen atoms in total. The van der Waals surface area contributed by atoms with Crippen molar-refractivity contribution in [3.63, 3.8) is 0 Å². The molecular weight excluding hydrogens is 282 g/mol. The van der Waals surface area contributed by atoms with E-state index in [9.17, 15) is 0 Å². The number of hydrogen-bond donors (Lipinski definition) is 1. The number of hydrogen-bond acceptors (Lipinski definition) is 5. The fourth-order valence-electron chi connectivity index (χ4n) is 2.30. The van der Waals surface area contributed by atoms with Gasteiger partial charge in [-0.1, -0.05) is 18.2 Å². The Hall–Kier alpha value is -1.98. The van der Waals surface area contributed by atoms with Crippen LogP contribution in [-0.2, 0) is 11.3 Å². The van der Waals surface area contributed by atoms with E-state index in [0.717, 1.165) is 23.6 Å². The van der Waals surface area contributed by atoms with Gasteiger partial charge in [0.2, 0.25) is 0 Å². The topological polar surface area (TPSA) is 47.0 Å². The van der Waals surface area contributed by atoms with Crippen molar-refractivity contribution in [2.45, 2.75) is 13.5 Å². The van der Waals surface area contributed by atoms with Crippen molar-refractivity contribution in [1.29, 1.82) is 0 Å². The molecule has 1 N–H and O–H groups in total. The summed E-state index contributed by atoms with van der Waals surface area (Å²) in [5, 5.41) is 6.61. The van der Waals surface area contributed by atoms with Crippen molar-refractivity contribution in [2.24, 2.45) is 0 Å². The quantitative estimate of drug-likeness (QED) is 0.775. The summed E-state index contributed by atoms with van der Waals surface area (Å²) in [6.45, 7) is 3.29. The number of benzene rings is 1. The molecule has 5 heteroatoms. The summed E-state index contributed by atoms with van der Waals surface area (Å²) < 4.78 is 6.43. The molecule has 2 aromatic heterocycles. The molecule has 0 aliphatic heterocycles. The van der Waals surface area contributed by atoms with Gasteiger partial charge in [-0.3, -0.25) is 0 Å². The molecule has 0 saturated carbocycles. The summed E-state index contributed by atoms with van der Waals surface area (Å²) >= 11 is 1.74. The second kappa shape index (κ2) is 6.20. The van der Waals surface area contributed by atoms with Crippen LogP contribution in [0.25, 0.3) is 21.3 Å². The van der Waals surface area contributed by atoms with E-state index in [1.165, 1.54) is 10.1 Å². The minimum absolute atomic E-state index is 0.409. The summed E-state index contributed by atoms with van der Waals surface area (Å²) in [6.07, 6.45) is 0. The Bertz CT molecular complexity index is 730. The number of anilines is 1. The molecule has 0 amide bonds. The molecule has 108 valence electrons. The summed E-state index contributed by atoms with van der Waals surface area (Å²) in [5.41, 5.74) is 2.07. The second-order valence-electron chi connectivity index (χ2n) is 4.66. The smallest absolute Gasteiger partial charge is 0.157 e. The van der Waals surface area contributed by atoms with Gasteiger partial charge in [0.15, 0.2) is 5.82 Å². The van der Waals surface area contributed by atoms with E-state index < -0.39 is 0 Å². The van der Waals surface area contributed by atoms with Crippen molar-refractivity contribution in [3.8, 4) is 11.3 Å². The number of thiophene rings is 1. The molecule has 0 aliphatic carbocycles. The maximum Gasteiger partial charge on any atom is 0.157 e. The molecule has 0 unspecified atom stereocenters. The molecular formula is C16H17N3OS. The van der Waals surface area contributed by atoms with E-state index in [0.29, 0.717) is 12.4 Å². The number of ether oxygens (including phenoxy) is 1. The van der Waals surface area contributed by atoms with Crippen LogP contribution in [0, 0.1) is 0 Å². The van der Waals surface area contributed by atoms with E-state index in [-0.39, 0.29) is 0 Å². The molecule has 2 heterocycles. The van der Waals surface area contributed by atoms with Gasteiger partial charge in [0.05, 0.1) is 5.69 Å². The first-order valence-corrected chi connectivity index (χ1v) is 7.77. The maximum atomic E-state index is 5.17. The molecule has 0 saturated heterocycles. The molecule has 0 aliphatic rings. The standard InChI is InChI=1S/C16H17N3OS/c1-3-17-14-9-13(18-15(19-14)10-20-2)12-6-4-5-11-7-8-21-16(11)12/h4-9H,3,10H2,1-2H3,(H,17,18,19). The summed E-state index contributed by atoms with van der Waals surface area (Å²) in [7, 11) is 1.66. The number of methoxy groups -OCH3 is 1. The summed E-state index contributed by atoms with van der Waals surface area (Å²) in [5.74, 6) is 1.53. The first-order chi connectivity index (χ1) is 10.3. The Labute approximate surface area is 127 Å². The third-order valence-electron chi connectivity index (χ3n) is 3.16. The van der Waals surface area contributed by atoms with Crippen LogP contribution in [0.15, 0.2) is 35.7 Å². The molecule has 21 heavy (non-hydrogen) atoms. The first-order valence-electron chi connectivity index (χ1n) is 6.89. The number of rotatable bonds is 5. The highest BCUT2D eigenvalue weighted by molar-refractivity contribution is 7.17. The van der Waals surface area contributed by atoms with Gasteiger partial charge in [-0.2, -0.15) is 0 Å². The van der Waals surface area contributed by atoms with Gasteiger partial charge in [0.1, 0.15) is 12.4 Å². The monoisotopic (exact) mass is 299 g/mol. The SMILES string of the molecule is CCNc1cc(-c2cccc3ccsc23)nc(COC)n1. The first kappa shape index (κ1) is 14.0. The molecule has 0 radical (unpaired) electrons. The van der Waals surface area contributed by atoms with Crippen LogP contribution in [-0.4, -0.2) is 23.6 Å². The van der Waals surface area contributed by atoms with E-state index >= 15 is 0 Å². The summed E-state index contributed by atoms with van der Waals surface area (Å²) in [6, 6.07) is 10.4. The second-order valence-corrected chi connectivity index (χ2v) is 5.58. The number of nitrogens with zero attached hydrogens (tertiary/aromatic N) is 2. The van der Waals surface area contributed by atoms with E-state index in [1.807, 2.05) is 6.07 Å². The van der Waals surface area contributed by atoms with Crippen molar-refractivity contribution in [2.75, 3.05) is 19.0 Å². The van der Waals surface area contributed by atoms with Gasteiger partial charge in [0, 0.05) is 30.0 Å². The van der Waals surface area contributed by atoms with Crippen LogP contribution in [0.1, 0.15) is 12.7 Å². The third-order valence-corrected chi connectivity index (χ3v) is 4.12. The molecule has 0 bridgehead atoms. The Morgan fingerprint density at radius 2 is 2.14 bits per heavy atom. The van der Waals surface area contributed by atoms with Gasteiger partial charge in [0.25, 0.3) is 0 Å². The average molecular weight is 299 g/mol. The minimum atomic E-state index is 0.409. The van der Waals surface area contributed by atoms with E-state index in [2.05, 4.69) is 51.9 Å². The summed E-state index contributed by atoms with van der Waals surface area (Å²) in [4.78, 5) is 9.10. The molecule has 0 atom stereocenters. The minimum Gasteiger partial charge on any atom is -0.377 e. The van der Waals surface area contributed by atoms with Gasteiger partial charge < -0.3 is 10.1 Å². The van der Waals surface area contributed by atoms with Crippen LogP contribution in [0.3, 0.4) is 0 Å². The lowest BCUT2D eigenvalue weighted by atomic mass is 10.1. The van der Waals surface area contributed by atoms with Crippen LogP contribution in [0.4, 0.5) is 5.82 Å². The maximum absolute atomic E-state index is 5.17.